The molecule has 2 aromatic carbocycles. The summed E-state index contributed by atoms with van der Waals surface area (Å²) in [7, 11) is 2.06. The summed E-state index contributed by atoms with van der Waals surface area (Å²) in [5.74, 6) is 0.413. The van der Waals surface area contributed by atoms with Crippen LogP contribution in [-0.2, 0) is 0 Å². The smallest absolute Gasteiger partial charge is 0.259 e. The molecule has 8 nitrogen and oxygen atoms in total. The first-order valence-corrected chi connectivity index (χ1v) is 11.3. The third kappa shape index (κ3) is 4.27. The van der Waals surface area contributed by atoms with E-state index in [1.165, 1.54) is 0 Å². The van der Waals surface area contributed by atoms with Gasteiger partial charge < -0.3 is 15.1 Å². The van der Waals surface area contributed by atoms with Crippen molar-refractivity contribution in [1.82, 2.24) is 24.6 Å². The topological polar surface area (TPSA) is 83.4 Å². The van der Waals surface area contributed by atoms with Crippen LogP contribution in [0.25, 0.3) is 16.7 Å². The molecule has 0 bridgehead atoms. The number of hydrogen-bond acceptors (Lipinski definition) is 5. The first-order valence-electron chi connectivity index (χ1n) is 11.3. The third-order valence-corrected chi connectivity index (χ3v) is 6.24. The quantitative estimate of drug-likeness (QED) is 0.511. The number of aromatic nitrogens is 3. The zero-order chi connectivity index (χ0) is 23.7. The first kappa shape index (κ1) is 21.8. The number of piperazine rings is 1. The third-order valence-electron chi connectivity index (χ3n) is 6.24. The van der Waals surface area contributed by atoms with Crippen LogP contribution in [0.1, 0.15) is 26.4 Å². The summed E-state index contributed by atoms with van der Waals surface area (Å²) in [4.78, 5) is 34.4. The summed E-state index contributed by atoms with van der Waals surface area (Å²) >= 11 is 0. The van der Waals surface area contributed by atoms with Crippen molar-refractivity contribution in [2.45, 2.75) is 6.92 Å². The van der Waals surface area contributed by atoms with Crippen molar-refractivity contribution in [3.05, 3.63) is 83.7 Å². The Labute approximate surface area is 197 Å². The van der Waals surface area contributed by atoms with E-state index in [0.29, 0.717) is 28.3 Å². The van der Waals surface area contributed by atoms with Crippen molar-refractivity contribution >= 4 is 28.4 Å². The maximum atomic E-state index is 12.9. The van der Waals surface area contributed by atoms with Crippen LogP contribution >= 0.6 is 0 Å². The van der Waals surface area contributed by atoms with Crippen LogP contribution in [0.15, 0.2) is 66.9 Å². The number of nitrogens with one attached hydrogen (secondary N) is 1. The van der Waals surface area contributed by atoms with Gasteiger partial charge in [-0.05, 0) is 56.4 Å². The number of anilines is 1. The molecule has 1 N–H and O–H groups in total. The van der Waals surface area contributed by atoms with Crippen LogP contribution in [-0.4, -0.2) is 69.6 Å². The molecular weight excluding hydrogens is 428 g/mol. The molecule has 8 heteroatoms. The van der Waals surface area contributed by atoms with E-state index in [4.69, 9.17) is 0 Å². The number of pyridine rings is 1. The Balaban J connectivity index is 1.29. The molecule has 0 saturated carbocycles. The summed E-state index contributed by atoms with van der Waals surface area (Å²) < 4.78 is 1.67. The SMILES string of the molecule is Cc1c(C(=O)Nc2ccc(C(=O)N3CCN(C)CC3)cc2)cnn1-c1ccc2ccccc2n1. The summed E-state index contributed by atoms with van der Waals surface area (Å²) in [6.45, 7) is 5.05. The highest BCUT2D eigenvalue weighted by Crippen LogP contribution is 2.19. The maximum absolute atomic E-state index is 12.9. The molecule has 1 aliphatic heterocycles. The monoisotopic (exact) mass is 454 g/mol. The number of rotatable bonds is 4. The van der Waals surface area contributed by atoms with E-state index in [0.717, 1.165) is 37.1 Å². The Kier molecular flexibility index (Phi) is 5.81. The van der Waals surface area contributed by atoms with E-state index >= 15 is 0 Å². The van der Waals surface area contributed by atoms with Crippen molar-refractivity contribution in [2.24, 2.45) is 0 Å². The minimum absolute atomic E-state index is 0.0194. The Hall–Kier alpha value is -4.04. The number of nitrogens with zero attached hydrogens (tertiary/aromatic N) is 5. The molecule has 0 spiro atoms. The minimum atomic E-state index is -0.261. The number of carbonyl (C=O) groups is 2. The molecule has 2 amide bonds. The van der Waals surface area contributed by atoms with Gasteiger partial charge in [0, 0.05) is 42.8 Å². The predicted molar refractivity (Wildman–Crippen MR) is 131 cm³/mol. The van der Waals surface area contributed by atoms with Gasteiger partial charge in [-0.3, -0.25) is 9.59 Å². The lowest BCUT2D eigenvalue weighted by Gasteiger charge is -2.32. The number of likely N-dealkylation sites (N-methyl/N-ethyl adjacent to an activating group) is 1. The Morgan fingerprint density at radius 3 is 2.41 bits per heavy atom. The number of benzene rings is 2. The van der Waals surface area contributed by atoms with Gasteiger partial charge in [0.2, 0.25) is 0 Å². The Morgan fingerprint density at radius 2 is 1.65 bits per heavy atom. The van der Waals surface area contributed by atoms with E-state index in [1.807, 2.05) is 48.2 Å². The fourth-order valence-corrected chi connectivity index (χ4v) is 4.12. The summed E-state index contributed by atoms with van der Waals surface area (Å²) in [5, 5.41) is 8.34. The maximum Gasteiger partial charge on any atom is 0.259 e. The molecule has 4 aromatic rings. The average molecular weight is 455 g/mol. The van der Waals surface area contributed by atoms with E-state index in [2.05, 4.69) is 27.3 Å². The molecule has 0 atom stereocenters. The molecule has 2 aromatic heterocycles. The van der Waals surface area contributed by atoms with Gasteiger partial charge in [-0.15, -0.1) is 0 Å². The van der Waals surface area contributed by atoms with Crippen molar-refractivity contribution in [2.75, 3.05) is 38.5 Å². The molecular formula is C26H26N6O2. The summed E-state index contributed by atoms with van der Waals surface area (Å²) in [5.41, 5.74) is 3.27. The van der Waals surface area contributed by atoms with Gasteiger partial charge in [-0.1, -0.05) is 18.2 Å². The Bertz CT molecular complexity index is 1350. The van der Waals surface area contributed by atoms with Gasteiger partial charge in [0.05, 0.1) is 23.0 Å². The molecule has 0 aliphatic carbocycles. The lowest BCUT2D eigenvalue weighted by atomic mass is 10.1. The fourth-order valence-electron chi connectivity index (χ4n) is 4.12. The largest absolute Gasteiger partial charge is 0.336 e. The molecule has 3 heterocycles. The zero-order valence-corrected chi connectivity index (χ0v) is 19.2. The van der Waals surface area contributed by atoms with Crippen molar-refractivity contribution in [3.8, 4) is 5.82 Å². The molecule has 1 saturated heterocycles. The molecule has 1 aliphatic rings. The van der Waals surface area contributed by atoms with Gasteiger partial charge in [0.1, 0.15) is 0 Å². The molecule has 0 radical (unpaired) electrons. The van der Waals surface area contributed by atoms with Gasteiger partial charge in [0.25, 0.3) is 11.8 Å². The highest BCUT2D eigenvalue weighted by Gasteiger charge is 2.21. The lowest BCUT2D eigenvalue weighted by molar-refractivity contribution is 0.0664. The summed E-state index contributed by atoms with van der Waals surface area (Å²) in [6.07, 6.45) is 1.55. The Morgan fingerprint density at radius 1 is 0.912 bits per heavy atom. The van der Waals surface area contributed by atoms with Gasteiger partial charge in [-0.2, -0.15) is 5.10 Å². The van der Waals surface area contributed by atoms with Crippen LogP contribution in [0.5, 0.6) is 0 Å². The first-order chi connectivity index (χ1) is 16.5. The van der Waals surface area contributed by atoms with E-state index in [9.17, 15) is 9.59 Å². The van der Waals surface area contributed by atoms with Crippen LogP contribution < -0.4 is 5.32 Å². The van der Waals surface area contributed by atoms with Crippen LogP contribution in [0.3, 0.4) is 0 Å². The highest BCUT2D eigenvalue weighted by molar-refractivity contribution is 6.05. The van der Waals surface area contributed by atoms with E-state index < -0.39 is 0 Å². The van der Waals surface area contributed by atoms with Crippen LogP contribution in [0.2, 0.25) is 0 Å². The molecule has 5 rings (SSSR count). The normalized spacial score (nSPS) is 14.4. The zero-order valence-electron chi connectivity index (χ0n) is 19.2. The fraction of sp³-hybridized carbons (Fsp3) is 0.231. The van der Waals surface area contributed by atoms with Crippen molar-refractivity contribution in [3.63, 3.8) is 0 Å². The second kappa shape index (κ2) is 9.07. The number of fused-ring (bicyclic) bond motifs is 1. The number of para-hydroxylation sites is 1. The predicted octanol–water partition coefficient (Wildman–Crippen LogP) is 3.37. The lowest BCUT2D eigenvalue weighted by Crippen LogP contribution is -2.47. The van der Waals surface area contributed by atoms with Crippen LogP contribution in [0.4, 0.5) is 5.69 Å². The van der Waals surface area contributed by atoms with Crippen molar-refractivity contribution < 1.29 is 9.59 Å². The molecule has 172 valence electrons. The summed E-state index contributed by atoms with van der Waals surface area (Å²) in [6, 6.07) is 18.8. The number of hydrogen-bond donors (Lipinski definition) is 1. The van der Waals surface area contributed by atoms with Crippen LogP contribution in [0, 0.1) is 6.92 Å². The molecule has 34 heavy (non-hydrogen) atoms. The van der Waals surface area contributed by atoms with Gasteiger partial charge in [0.15, 0.2) is 5.82 Å². The minimum Gasteiger partial charge on any atom is -0.336 e. The van der Waals surface area contributed by atoms with Gasteiger partial charge >= 0.3 is 0 Å². The van der Waals surface area contributed by atoms with Crippen molar-refractivity contribution in [1.29, 1.82) is 0 Å². The molecule has 1 fully saturated rings. The van der Waals surface area contributed by atoms with E-state index in [-0.39, 0.29) is 11.8 Å². The average Bonchev–Trinajstić information content (AvgIpc) is 3.25. The molecule has 0 unspecified atom stereocenters. The standard InChI is InChI=1S/C26H26N6O2/c1-18-22(17-27-32(18)24-12-9-19-5-3-4-6-23(19)29-24)25(33)28-21-10-7-20(8-11-21)26(34)31-15-13-30(2)14-16-31/h3-12,17H,13-16H2,1-2H3,(H,28,33). The second-order valence-corrected chi connectivity index (χ2v) is 8.54. The highest BCUT2D eigenvalue weighted by atomic mass is 16.2. The second-order valence-electron chi connectivity index (χ2n) is 8.54. The number of carbonyl (C=O) groups excluding carboxylic acids is 2. The number of amides is 2. The van der Waals surface area contributed by atoms with Gasteiger partial charge in [-0.25, -0.2) is 9.67 Å². The van der Waals surface area contributed by atoms with E-state index in [1.54, 1.807) is 35.1 Å².